The molecular weight excluding hydrogens is 442 g/mol. The minimum atomic E-state index is 0.428. The number of anilines is 2. The molecular formula is C23H26ClN7O2. The number of nitrogens with two attached hydrogens (primary N) is 1. The van der Waals surface area contributed by atoms with Crippen molar-refractivity contribution in [1.82, 2.24) is 24.6 Å². The maximum Gasteiger partial charge on any atom is 0.225 e. The summed E-state index contributed by atoms with van der Waals surface area (Å²) >= 11 is 6.05. The van der Waals surface area contributed by atoms with Crippen molar-refractivity contribution in [2.75, 3.05) is 52.5 Å². The number of hydrogen-bond donors (Lipinski definition) is 2. The maximum absolute atomic E-state index is 6.57. The number of halogens is 1. The monoisotopic (exact) mass is 467 g/mol. The Hall–Kier alpha value is -3.56. The van der Waals surface area contributed by atoms with E-state index in [2.05, 4.69) is 20.3 Å². The number of nitrogens with zero attached hydrogens (tertiary/aromatic N) is 5. The molecule has 10 heteroatoms. The van der Waals surface area contributed by atoms with Gasteiger partial charge in [-0.1, -0.05) is 11.6 Å². The maximum atomic E-state index is 6.57. The number of likely N-dealkylation sites (N-methyl/N-ethyl adjacent to an activating group) is 1. The fourth-order valence-electron chi connectivity index (χ4n) is 3.45. The predicted molar refractivity (Wildman–Crippen MR) is 132 cm³/mol. The second-order valence-corrected chi connectivity index (χ2v) is 8.10. The summed E-state index contributed by atoms with van der Waals surface area (Å²) in [5, 5.41) is 9.23. The van der Waals surface area contributed by atoms with Gasteiger partial charge in [0.25, 0.3) is 0 Å². The molecule has 0 atom stereocenters. The molecule has 2 aromatic carbocycles. The zero-order valence-corrected chi connectivity index (χ0v) is 19.7. The molecule has 4 aromatic rings. The van der Waals surface area contributed by atoms with Crippen molar-refractivity contribution in [2.45, 2.75) is 0 Å². The van der Waals surface area contributed by atoms with Crippen LogP contribution in [-0.2, 0) is 0 Å². The van der Waals surface area contributed by atoms with Gasteiger partial charge in [-0.2, -0.15) is 4.98 Å². The highest BCUT2D eigenvalue weighted by molar-refractivity contribution is 6.30. The molecule has 4 rings (SSSR count). The number of benzene rings is 2. The van der Waals surface area contributed by atoms with Crippen molar-refractivity contribution in [3.05, 3.63) is 47.5 Å². The second kappa shape index (κ2) is 9.51. The Morgan fingerprint density at radius 3 is 2.42 bits per heavy atom. The van der Waals surface area contributed by atoms with Crippen LogP contribution in [0.1, 0.15) is 0 Å². The molecule has 0 aliphatic carbocycles. The summed E-state index contributed by atoms with van der Waals surface area (Å²) in [6, 6.07) is 12.9. The van der Waals surface area contributed by atoms with Gasteiger partial charge in [-0.3, -0.25) is 0 Å². The lowest BCUT2D eigenvalue weighted by Crippen LogP contribution is -2.21. The average molecular weight is 468 g/mol. The summed E-state index contributed by atoms with van der Waals surface area (Å²) in [6.07, 6.45) is 0. The first kappa shape index (κ1) is 22.6. The number of hydrogen-bond acceptors (Lipinski definition) is 8. The zero-order valence-electron chi connectivity index (χ0n) is 19.0. The molecule has 0 saturated heterocycles. The lowest BCUT2D eigenvalue weighted by Gasteiger charge is -2.13. The highest BCUT2D eigenvalue weighted by atomic mass is 35.5. The number of fused-ring (bicyclic) bond motifs is 1. The summed E-state index contributed by atoms with van der Waals surface area (Å²) in [6.45, 7) is 1.51. The topological polar surface area (TPSA) is 103 Å². The Kier molecular flexibility index (Phi) is 6.52. The summed E-state index contributed by atoms with van der Waals surface area (Å²) in [7, 11) is 7.21. The average Bonchev–Trinajstić information content (AvgIpc) is 3.14. The summed E-state index contributed by atoms with van der Waals surface area (Å²) in [5.74, 6) is 2.11. The van der Waals surface area contributed by atoms with Gasteiger partial charge < -0.3 is 25.4 Å². The SMILES string of the molecule is COc1ccc(-c2nc(NCCN(C)C)nc3nn(-c4ccc(Cl)cc4)c(N)c23)cc1OC. The molecule has 9 nitrogen and oxygen atoms in total. The second-order valence-electron chi connectivity index (χ2n) is 7.67. The molecule has 0 radical (unpaired) electrons. The van der Waals surface area contributed by atoms with E-state index in [9.17, 15) is 0 Å². The van der Waals surface area contributed by atoms with Gasteiger partial charge in [0.1, 0.15) is 5.82 Å². The van der Waals surface area contributed by atoms with Crippen molar-refractivity contribution >= 4 is 34.4 Å². The first-order chi connectivity index (χ1) is 15.9. The van der Waals surface area contributed by atoms with Crippen molar-refractivity contribution in [3.8, 4) is 28.4 Å². The molecule has 0 fully saturated rings. The summed E-state index contributed by atoms with van der Waals surface area (Å²) < 4.78 is 12.5. The van der Waals surface area contributed by atoms with E-state index < -0.39 is 0 Å². The molecule has 172 valence electrons. The van der Waals surface area contributed by atoms with E-state index in [0.717, 1.165) is 17.8 Å². The van der Waals surface area contributed by atoms with Crippen LogP contribution in [0.4, 0.5) is 11.8 Å². The Morgan fingerprint density at radius 1 is 1.03 bits per heavy atom. The van der Waals surface area contributed by atoms with Crippen molar-refractivity contribution in [2.24, 2.45) is 0 Å². The van der Waals surface area contributed by atoms with Crippen molar-refractivity contribution < 1.29 is 9.47 Å². The van der Waals surface area contributed by atoms with Gasteiger partial charge in [0.15, 0.2) is 17.1 Å². The molecule has 2 aromatic heterocycles. The van der Waals surface area contributed by atoms with E-state index in [-0.39, 0.29) is 0 Å². The van der Waals surface area contributed by atoms with Crippen LogP contribution in [0.3, 0.4) is 0 Å². The van der Waals surface area contributed by atoms with E-state index in [0.29, 0.717) is 51.6 Å². The Labute approximate surface area is 197 Å². The van der Waals surface area contributed by atoms with E-state index in [4.69, 9.17) is 31.8 Å². The number of aromatic nitrogens is 4. The number of nitrogen functional groups attached to an aromatic ring is 1. The van der Waals surface area contributed by atoms with Gasteiger partial charge in [0, 0.05) is 23.7 Å². The molecule has 0 spiro atoms. The lowest BCUT2D eigenvalue weighted by molar-refractivity contribution is 0.355. The van der Waals surface area contributed by atoms with Gasteiger partial charge in [-0.05, 0) is 56.6 Å². The largest absolute Gasteiger partial charge is 0.493 e. The van der Waals surface area contributed by atoms with Crippen LogP contribution in [0, 0.1) is 0 Å². The third kappa shape index (κ3) is 4.64. The summed E-state index contributed by atoms with van der Waals surface area (Å²) in [5.41, 5.74) is 9.27. The van der Waals surface area contributed by atoms with E-state index in [1.54, 1.807) is 31.0 Å². The van der Waals surface area contributed by atoms with Crippen molar-refractivity contribution in [1.29, 1.82) is 0 Å². The van der Waals surface area contributed by atoms with Gasteiger partial charge in [0.2, 0.25) is 5.95 Å². The first-order valence-corrected chi connectivity index (χ1v) is 10.7. The Bertz CT molecular complexity index is 1270. The van der Waals surface area contributed by atoms with E-state index in [1.165, 1.54) is 0 Å². The summed E-state index contributed by atoms with van der Waals surface area (Å²) in [4.78, 5) is 11.5. The first-order valence-electron chi connectivity index (χ1n) is 10.3. The standard InChI is InChI=1S/C23H26ClN7O2/c1-30(2)12-11-26-23-27-20(14-5-10-17(32-3)18(13-14)33-4)19-21(25)31(29-22(19)28-23)16-8-6-15(24)7-9-16/h5-10,13H,11-12,25H2,1-4H3,(H,26,28,29). The predicted octanol–water partition coefficient (Wildman–Crippen LogP) is 3.71. The van der Waals surface area contributed by atoms with E-state index >= 15 is 0 Å². The highest BCUT2D eigenvalue weighted by Crippen LogP contribution is 2.37. The van der Waals surface area contributed by atoms with Crippen molar-refractivity contribution in [3.63, 3.8) is 0 Å². The van der Waals surface area contributed by atoms with E-state index in [1.807, 2.05) is 44.4 Å². The smallest absolute Gasteiger partial charge is 0.225 e. The molecule has 0 unspecified atom stereocenters. The number of ether oxygens (including phenoxy) is 2. The zero-order chi connectivity index (χ0) is 23.5. The molecule has 3 N–H and O–H groups in total. The van der Waals surface area contributed by atoms with Crippen LogP contribution < -0.4 is 20.5 Å². The fraction of sp³-hybridized carbons (Fsp3) is 0.261. The Morgan fingerprint density at radius 2 is 1.76 bits per heavy atom. The lowest BCUT2D eigenvalue weighted by atomic mass is 10.1. The fourth-order valence-corrected chi connectivity index (χ4v) is 3.58. The molecule has 0 saturated carbocycles. The number of methoxy groups -OCH3 is 2. The minimum absolute atomic E-state index is 0.428. The van der Waals surface area contributed by atoms with Gasteiger partial charge in [-0.15, -0.1) is 5.10 Å². The Balaban J connectivity index is 1.89. The van der Waals surface area contributed by atoms with Crippen LogP contribution in [0.5, 0.6) is 11.5 Å². The normalized spacial score (nSPS) is 11.2. The molecule has 0 aliphatic rings. The van der Waals surface area contributed by atoms with Crippen LogP contribution in [-0.4, -0.2) is 66.1 Å². The highest BCUT2D eigenvalue weighted by Gasteiger charge is 2.20. The molecule has 33 heavy (non-hydrogen) atoms. The van der Waals surface area contributed by atoms with Gasteiger partial charge in [0.05, 0.1) is 31.0 Å². The van der Waals surface area contributed by atoms with Crippen LogP contribution >= 0.6 is 11.6 Å². The molecule has 0 bridgehead atoms. The number of nitrogens with one attached hydrogen (secondary N) is 1. The molecule has 0 amide bonds. The third-order valence-electron chi connectivity index (χ3n) is 5.14. The van der Waals surface area contributed by atoms with Crippen LogP contribution in [0.25, 0.3) is 28.0 Å². The quantitative estimate of drug-likeness (QED) is 0.404. The van der Waals surface area contributed by atoms with Gasteiger partial charge in [-0.25, -0.2) is 9.67 Å². The minimum Gasteiger partial charge on any atom is -0.493 e. The third-order valence-corrected chi connectivity index (χ3v) is 5.39. The van der Waals surface area contributed by atoms with Crippen LogP contribution in [0.2, 0.25) is 5.02 Å². The molecule has 0 aliphatic heterocycles. The molecule has 2 heterocycles. The van der Waals surface area contributed by atoms with Gasteiger partial charge >= 0.3 is 0 Å². The van der Waals surface area contributed by atoms with Crippen LogP contribution in [0.15, 0.2) is 42.5 Å². The number of rotatable bonds is 8.